The van der Waals surface area contributed by atoms with E-state index < -0.39 is 17.1 Å². The summed E-state index contributed by atoms with van der Waals surface area (Å²) < 4.78 is 23.0. The van der Waals surface area contributed by atoms with Gasteiger partial charge in [-0.3, -0.25) is 10.0 Å². The van der Waals surface area contributed by atoms with Crippen LogP contribution in [0.3, 0.4) is 0 Å². The molecule has 2 rings (SSSR count). The minimum absolute atomic E-state index is 0.524. The van der Waals surface area contributed by atoms with Crippen molar-refractivity contribution < 1.29 is 28.9 Å². The summed E-state index contributed by atoms with van der Waals surface area (Å²) in [5, 5.41) is 8.71. The average molecular weight is 430 g/mol. The van der Waals surface area contributed by atoms with Gasteiger partial charge in [0.05, 0.1) is 14.2 Å². The molecule has 2 aromatic rings. The quantitative estimate of drug-likeness (QED) is 0.325. The summed E-state index contributed by atoms with van der Waals surface area (Å²) in [7, 11) is 3.20. The minimum Gasteiger partial charge on any atom is -0.497 e. The van der Waals surface area contributed by atoms with E-state index in [1.54, 1.807) is 44.0 Å². The van der Waals surface area contributed by atoms with E-state index in [2.05, 4.69) is 0 Å². The first kappa shape index (κ1) is 24.1. The molecule has 0 aliphatic heterocycles. The summed E-state index contributed by atoms with van der Waals surface area (Å²) in [6.07, 6.45) is 3.36. The van der Waals surface area contributed by atoms with Crippen LogP contribution in [0.4, 0.5) is 0 Å². The lowest BCUT2D eigenvalue weighted by atomic mass is 9.91. The summed E-state index contributed by atoms with van der Waals surface area (Å²) in [5.74, 6) is 2.05. The third-order valence-electron chi connectivity index (χ3n) is 4.44. The zero-order valence-electron chi connectivity index (χ0n) is 18.9. The largest absolute Gasteiger partial charge is 0.497 e. The first-order valence-electron chi connectivity index (χ1n) is 9.90. The lowest BCUT2D eigenvalue weighted by molar-refractivity contribution is -0.124. The Balaban J connectivity index is 2.19. The Morgan fingerprint density at radius 1 is 0.903 bits per heavy atom. The molecule has 7 heteroatoms. The third-order valence-corrected chi connectivity index (χ3v) is 4.44. The highest BCUT2D eigenvalue weighted by molar-refractivity contribution is 5.91. The minimum atomic E-state index is -0.630. The van der Waals surface area contributed by atoms with Crippen molar-refractivity contribution in [2.24, 2.45) is 0 Å². The molecule has 0 unspecified atom stereocenters. The maximum atomic E-state index is 11.4. The molecule has 0 aliphatic rings. The molecule has 0 fully saturated rings. The SMILES string of the molecule is COc1ccc(OC(C)(C)CC(C)(C)Oc2cc(OC)ccc2/C=C/C(=O)NO)cc1. The molecule has 0 bridgehead atoms. The van der Waals surface area contributed by atoms with Gasteiger partial charge in [0.15, 0.2) is 0 Å². The Hall–Kier alpha value is -3.19. The fraction of sp³-hybridized carbons (Fsp3) is 0.375. The summed E-state index contributed by atoms with van der Waals surface area (Å²) in [6.45, 7) is 7.94. The lowest BCUT2D eigenvalue weighted by Gasteiger charge is -2.36. The van der Waals surface area contributed by atoms with Gasteiger partial charge in [-0.05, 0) is 70.2 Å². The molecule has 0 heterocycles. The van der Waals surface area contributed by atoms with Gasteiger partial charge < -0.3 is 18.9 Å². The Bertz CT molecular complexity index is 903. The standard InChI is InChI=1S/C24H31NO6/c1-23(2,30-19-12-10-18(28-5)11-13-19)16-24(3,4)31-21-15-20(29-6)9-7-17(21)8-14-22(26)25-27/h7-15,27H,16H2,1-6H3,(H,25,26)/b14-8+. The van der Waals surface area contributed by atoms with Crippen LogP contribution < -0.4 is 24.4 Å². The summed E-state index contributed by atoms with van der Waals surface area (Å²) in [5.41, 5.74) is 1.11. The molecule has 7 nitrogen and oxygen atoms in total. The van der Waals surface area contributed by atoms with Crippen molar-refractivity contribution in [1.82, 2.24) is 5.48 Å². The van der Waals surface area contributed by atoms with Crippen LogP contribution in [-0.2, 0) is 4.79 Å². The van der Waals surface area contributed by atoms with Crippen LogP contribution in [0.1, 0.15) is 39.7 Å². The molecule has 0 atom stereocenters. The number of ether oxygens (including phenoxy) is 4. The van der Waals surface area contributed by atoms with Crippen LogP contribution in [0, 0.1) is 0 Å². The zero-order valence-corrected chi connectivity index (χ0v) is 18.9. The van der Waals surface area contributed by atoms with Crippen molar-refractivity contribution >= 4 is 12.0 Å². The second-order valence-electron chi connectivity index (χ2n) is 8.29. The van der Waals surface area contributed by atoms with Gasteiger partial charge in [0.25, 0.3) is 5.91 Å². The third kappa shape index (κ3) is 7.53. The van der Waals surface area contributed by atoms with Gasteiger partial charge in [-0.1, -0.05) is 0 Å². The number of rotatable bonds is 10. The lowest BCUT2D eigenvalue weighted by Crippen LogP contribution is -2.41. The summed E-state index contributed by atoms with van der Waals surface area (Å²) in [4.78, 5) is 11.4. The average Bonchev–Trinajstić information content (AvgIpc) is 2.71. The molecule has 1 amide bonds. The first-order chi connectivity index (χ1) is 14.6. The number of methoxy groups -OCH3 is 2. The van der Waals surface area contributed by atoms with Crippen molar-refractivity contribution in [3.8, 4) is 23.0 Å². The van der Waals surface area contributed by atoms with Crippen LogP contribution in [0.5, 0.6) is 23.0 Å². The maximum Gasteiger partial charge on any atom is 0.267 e. The second kappa shape index (κ2) is 10.2. The molecule has 168 valence electrons. The van der Waals surface area contributed by atoms with E-state index in [9.17, 15) is 4.79 Å². The van der Waals surface area contributed by atoms with Crippen molar-refractivity contribution in [3.05, 3.63) is 54.1 Å². The summed E-state index contributed by atoms with van der Waals surface area (Å²) >= 11 is 0. The van der Waals surface area contributed by atoms with Crippen LogP contribution in [0.25, 0.3) is 6.08 Å². The van der Waals surface area contributed by atoms with Gasteiger partial charge in [0.2, 0.25) is 0 Å². The summed E-state index contributed by atoms with van der Waals surface area (Å²) in [6, 6.07) is 12.7. The highest BCUT2D eigenvalue weighted by atomic mass is 16.5. The monoisotopic (exact) mass is 429 g/mol. The van der Waals surface area contributed by atoms with Gasteiger partial charge in [-0.2, -0.15) is 0 Å². The highest BCUT2D eigenvalue weighted by Crippen LogP contribution is 2.34. The predicted octanol–water partition coefficient (Wildman–Crippen LogP) is 4.63. The van der Waals surface area contributed by atoms with E-state index in [0.717, 1.165) is 11.5 Å². The number of hydroxylamine groups is 1. The topological polar surface area (TPSA) is 86.2 Å². The van der Waals surface area contributed by atoms with Crippen LogP contribution in [0.2, 0.25) is 0 Å². The maximum absolute atomic E-state index is 11.4. The van der Waals surface area contributed by atoms with Crippen LogP contribution in [-0.4, -0.2) is 36.5 Å². The molecule has 2 N–H and O–H groups in total. The molecule has 0 spiro atoms. The number of amides is 1. The van der Waals surface area contributed by atoms with Crippen LogP contribution >= 0.6 is 0 Å². The van der Waals surface area contributed by atoms with Gasteiger partial charge in [-0.25, -0.2) is 5.48 Å². The van der Waals surface area contributed by atoms with Gasteiger partial charge >= 0.3 is 0 Å². The predicted molar refractivity (Wildman–Crippen MR) is 119 cm³/mol. The number of hydrogen-bond acceptors (Lipinski definition) is 6. The van der Waals surface area contributed by atoms with E-state index in [4.69, 9.17) is 24.2 Å². The molecule has 2 aromatic carbocycles. The van der Waals surface area contributed by atoms with Crippen molar-refractivity contribution in [2.75, 3.05) is 14.2 Å². The number of hydrogen-bond donors (Lipinski definition) is 2. The molecule has 0 saturated carbocycles. The van der Waals surface area contributed by atoms with E-state index in [1.165, 1.54) is 6.08 Å². The number of benzene rings is 2. The molecule has 0 radical (unpaired) electrons. The molecule has 0 aliphatic carbocycles. The van der Waals surface area contributed by atoms with Crippen molar-refractivity contribution in [2.45, 2.75) is 45.3 Å². The molecule has 0 aromatic heterocycles. The van der Waals surface area contributed by atoms with E-state index in [0.29, 0.717) is 23.5 Å². The molecule has 31 heavy (non-hydrogen) atoms. The van der Waals surface area contributed by atoms with E-state index in [1.807, 2.05) is 52.0 Å². The van der Waals surface area contributed by atoms with E-state index >= 15 is 0 Å². The number of carbonyl (C=O) groups excluding carboxylic acids is 1. The highest BCUT2D eigenvalue weighted by Gasteiger charge is 2.32. The van der Waals surface area contributed by atoms with Crippen LogP contribution in [0.15, 0.2) is 48.5 Å². The number of carbonyl (C=O) groups is 1. The fourth-order valence-corrected chi connectivity index (χ4v) is 3.43. The smallest absolute Gasteiger partial charge is 0.267 e. The van der Waals surface area contributed by atoms with Gasteiger partial charge in [-0.15, -0.1) is 0 Å². The van der Waals surface area contributed by atoms with Crippen molar-refractivity contribution in [1.29, 1.82) is 0 Å². The zero-order chi connectivity index (χ0) is 23.1. The number of nitrogens with one attached hydrogen (secondary N) is 1. The Morgan fingerprint density at radius 3 is 2.03 bits per heavy atom. The Labute approximate surface area is 183 Å². The van der Waals surface area contributed by atoms with Gasteiger partial charge in [0, 0.05) is 24.1 Å². The van der Waals surface area contributed by atoms with Gasteiger partial charge in [0.1, 0.15) is 34.2 Å². The molecule has 0 saturated heterocycles. The van der Waals surface area contributed by atoms with E-state index in [-0.39, 0.29) is 0 Å². The molecular formula is C24H31NO6. The van der Waals surface area contributed by atoms with Crippen molar-refractivity contribution in [3.63, 3.8) is 0 Å². The Morgan fingerprint density at radius 2 is 1.45 bits per heavy atom. The second-order valence-corrected chi connectivity index (χ2v) is 8.29. The fourth-order valence-electron chi connectivity index (χ4n) is 3.43. The Kier molecular flexibility index (Phi) is 7.94. The molecular weight excluding hydrogens is 398 g/mol. The normalized spacial score (nSPS) is 11.8. The first-order valence-corrected chi connectivity index (χ1v) is 9.90.